The second-order valence-electron chi connectivity index (χ2n) is 9.79. The predicted molar refractivity (Wildman–Crippen MR) is 159 cm³/mol. The summed E-state index contributed by atoms with van der Waals surface area (Å²) < 4.78 is 10.8. The van der Waals surface area contributed by atoms with Crippen molar-refractivity contribution in [1.29, 1.82) is 0 Å². The lowest BCUT2D eigenvalue weighted by molar-refractivity contribution is 0.0642. The van der Waals surface area contributed by atoms with Gasteiger partial charge in [-0.05, 0) is 58.9 Å². The van der Waals surface area contributed by atoms with E-state index in [4.69, 9.17) is 14.5 Å². The molecule has 0 atom stereocenters. The van der Waals surface area contributed by atoms with Gasteiger partial charge in [0.1, 0.15) is 0 Å². The number of fused-ring (bicyclic) bond motifs is 1. The summed E-state index contributed by atoms with van der Waals surface area (Å²) in [6, 6.07) is 25.2. The van der Waals surface area contributed by atoms with Gasteiger partial charge in [0.25, 0.3) is 11.8 Å². The molecule has 1 aromatic heterocycles. The molecule has 0 spiro atoms. The Hall–Kier alpha value is -3.72. The number of anilines is 1. The summed E-state index contributed by atoms with van der Waals surface area (Å²) in [5, 5.41) is 8.50. The van der Waals surface area contributed by atoms with Crippen molar-refractivity contribution < 1.29 is 19.1 Å². The summed E-state index contributed by atoms with van der Waals surface area (Å²) in [5.41, 5.74) is 3.28. The fourth-order valence-electron chi connectivity index (χ4n) is 4.83. The Labute approximate surface area is 238 Å². The number of nitrogens with one attached hydrogen (secondary N) is 2. The molecule has 1 aliphatic heterocycles. The lowest BCUT2D eigenvalue weighted by Crippen LogP contribution is -2.33. The van der Waals surface area contributed by atoms with Crippen molar-refractivity contribution in [2.75, 3.05) is 32.2 Å². The first-order valence-corrected chi connectivity index (χ1v) is 14.5. The van der Waals surface area contributed by atoms with E-state index in [9.17, 15) is 9.59 Å². The molecule has 1 aliphatic rings. The van der Waals surface area contributed by atoms with E-state index in [1.54, 1.807) is 31.0 Å². The van der Waals surface area contributed by atoms with E-state index in [0.717, 1.165) is 34.9 Å². The summed E-state index contributed by atoms with van der Waals surface area (Å²) in [5.74, 6) is 0.486. The van der Waals surface area contributed by atoms with Crippen molar-refractivity contribution in [2.24, 2.45) is 5.92 Å². The van der Waals surface area contributed by atoms with Gasteiger partial charge in [-0.25, -0.2) is 4.98 Å². The zero-order chi connectivity index (χ0) is 27.7. The van der Waals surface area contributed by atoms with Crippen LogP contribution in [-0.2, 0) is 21.8 Å². The number of hydrogen-bond donors (Lipinski definition) is 2. The Morgan fingerprint density at radius 2 is 1.68 bits per heavy atom. The third-order valence-corrected chi connectivity index (χ3v) is 8.01. The average molecular weight is 556 g/mol. The maximum Gasteiger partial charge on any atom is 0.272 e. The quantitative estimate of drug-likeness (QED) is 0.231. The van der Waals surface area contributed by atoms with E-state index >= 15 is 0 Å². The highest BCUT2D eigenvalue weighted by Gasteiger charge is 2.21. The fourth-order valence-corrected chi connectivity index (χ4v) is 5.66. The average Bonchev–Trinajstić information content (AvgIpc) is 3.00. The van der Waals surface area contributed by atoms with E-state index in [1.165, 1.54) is 5.56 Å². The summed E-state index contributed by atoms with van der Waals surface area (Å²) in [6.45, 7) is 2.42. The van der Waals surface area contributed by atoms with Crippen LogP contribution >= 0.6 is 11.8 Å². The fraction of sp³-hybridized carbons (Fsp3) is 0.281. The maximum absolute atomic E-state index is 13.6. The van der Waals surface area contributed by atoms with E-state index in [0.29, 0.717) is 48.6 Å². The number of hydrogen-bond acceptors (Lipinski definition) is 6. The molecule has 8 heteroatoms. The van der Waals surface area contributed by atoms with Gasteiger partial charge >= 0.3 is 0 Å². The minimum atomic E-state index is -0.302. The number of pyridine rings is 1. The molecule has 7 nitrogen and oxygen atoms in total. The van der Waals surface area contributed by atoms with Crippen molar-refractivity contribution in [3.8, 4) is 0 Å². The molecule has 0 bridgehead atoms. The molecule has 2 amide bonds. The van der Waals surface area contributed by atoms with Crippen molar-refractivity contribution in [1.82, 2.24) is 10.3 Å². The van der Waals surface area contributed by atoms with Crippen LogP contribution in [0.3, 0.4) is 0 Å². The topological polar surface area (TPSA) is 89.5 Å². The summed E-state index contributed by atoms with van der Waals surface area (Å²) in [6.07, 6.45) is 1.83. The number of carbonyl (C=O) groups is 2. The smallest absolute Gasteiger partial charge is 0.272 e. The number of aromatic nitrogens is 1. The lowest BCUT2D eigenvalue weighted by Gasteiger charge is -2.22. The predicted octanol–water partition coefficient (Wildman–Crippen LogP) is 6.08. The molecule has 40 heavy (non-hydrogen) atoms. The van der Waals surface area contributed by atoms with Gasteiger partial charge in [-0.3, -0.25) is 9.59 Å². The molecule has 0 unspecified atom stereocenters. The SMILES string of the molecule is COCc1ccc(C(=O)Nc2ccc(SCc3ccccc3)nc2C(=O)NCC2CCOCC2)c2ccccc12. The molecular weight excluding hydrogens is 522 g/mol. The number of amides is 2. The van der Waals surface area contributed by atoms with Crippen LogP contribution in [-0.4, -0.2) is 43.7 Å². The first-order chi connectivity index (χ1) is 19.6. The zero-order valence-corrected chi connectivity index (χ0v) is 23.3. The monoisotopic (exact) mass is 555 g/mol. The Morgan fingerprint density at radius 1 is 0.925 bits per heavy atom. The Bertz CT molecular complexity index is 1470. The van der Waals surface area contributed by atoms with Gasteiger partial charge in [0, 0.05) is 38.2 Å². The molecule has 1 fully saturated rings. The molecule has 2 N–H and O–H groups in total. The largest absolute Gasteiger partial charge is 0.381 e. The van der Waals surface area contributed by atoms with Crippen LogP contribution in [0.15, 0.2) is 83.9 Å². The highest BCUT2D eigenvalue weighted by atomic mass is 32.2. The first-order valence-electron chi connectivity index (χ1n) is 13.5. The van der Waals surface area contributed by atoms with Crippen LogP contribution in [0.25, 0.3) is 10.8 Å². The van der Waals surface area contributed by atoms with E-state index < -0.39 is 0 Å². The molecule has 206 valence electrons. The normalized spacial score (nSPS) is 13.7. The summed E-state index contributed by atoms with van der Waals surface area (Å²) >= 11 is 1.55. The number of thioether (sulfide) groups is 1. The first kappa shape index (κ1) is 27.8. The number of methoxy groups -OCH3 is 1. The summed E-state index contributed by atoms with van der Waals surface area (Å²) in [4.78, 5) is 31.6. The highest BCUT2D eigenvalue weighted by molar-refractivity contribution is 7.98. The van der Waals surface area contributed by atoms with E-state index in [1.807, 2.05) is 54.6 Å². The number of benzene rings is 3. The maximum atomic E-state index is 13.6. The molecule has 3 aromatic carbocycles. The van der Waals surface area contributed by atoms with Gasteiger partial charge in [-0.1, -0.05) is 60.7 Å². The van der Waals surface area contributed by atoms with Crippen molar-refractivity contribution in [2.45, 2.75) is 30.2 Å². The van der Waals surface area contributed by atoms with E-state index in [-0.39, 0.29) is 17.5 Å². The van der Waals surface area contributed by atoms with E-state index in [2.05, 4.69) is 22.8 Å². The van der Waals surface area contributed by atoms with Crippen LogP contribution in [0.4, 0.5) is 5.69 Å². The molecule has 0 radical (unpaired) electrons. The third kappa shape index (κ3) is 6.88. The van der Waals surface area contributed by atoms with Crippen LogP contribution in [0.1, 0.15) is 44.8 Å². The molecule has 2 heterocycles. The van der Waals surface area contributed by atoms with Crippen LogP contribution in [0, 0.1) is 5.92 Å². The number of carbonyl (C=O) groups excluding carboxylic acids is 2. The molecule has 0 aliphatic carbocycles. The second-order valence-corrected chi connectivity index (χ2v) is 10.8. The van der Waals surface area contributed by atoms with Gasteiger partial charge < -0.3 is 20.1 Å². The second kappa shape index (κ2) is 13.6. The third-order valence-electron chi connectivity index (χ3n) is 7.01. The Morgan fingerprint density at radius 3 is 2.45 bits per heavy atom. The standard InChI is InChI=1S/C32H33N3O4S/c1-38-20-24-11-12-27(26-10-6-5-9-25(24)26)31(36)34-28-13-14-29(40-21-23-7-3-2-4-8-23)35-30(28)32(37)33-19-22-15-17-39-18-16-22/h2-14,22H,15-21H2,1H3,(H,33,37)(H,34,36). The Kier molecular flexibility index (Phi) is 9.44. The van der Waals surface area contributed by atoms with Gasteiger partial charge in [0.15, 0.2) is 5.69 Å². The lowest BCUT2D eigenvalue weighted by atomic mass is 9.99. The number of rotatable bonds is 10. The summed E-state index contributed by atoms with van der Waals surface area (Å²) in [7, 11) is 1.65. The molecule has 0 saturated carbocycles. The van der Waals surface area contributed by atoms with Crippen LogP contribution in [0.5, 0.6) is 0 Å². The van der Waals surface area contributed by atoms with Gasteiger partial charge in [-0.15, -0.1) is 11.8 Å². The number of ether oxygens (including phenoxy) is 2. The van der Waals surface area contributed by atoms with Crippen molar-refractivity contribution >= 4 is 40.0 Å². The van der Waals surface area contributed by atoms with Crippen LogP contribution in [0.2, 0.25) is 0 Å². The van der Waals surface area contributed by atoms with Crippen molar-refractivity contribution in [3.05, 3.63) is 101 Å². The molecular formula is C32H33N3O4S. The van der Waals surface area contributed by atoms with Gasteiger partial charge in [0.05, 0.1) is 17.3 Å². The molecule has 4 aromatic rings. The Balaban J connectivity index is 1.39. The van der Waals surface area contributed by atoms with Gasteiger partial charge in [0.2, 0.25) is 0 Å². The minimum Gasteiger partial charge on any atom is -0.381 e. The molecule has 5 rings (SSSR count). The zero-order valence-electron chi connectivity index (χ0n) is 22.5. The van der Waals surface area contributed by atoms with Gasteiger partial charge in [-0.2, -0.15) is 0 Å². The van der Waals surface area contributed by atoms with Crippen LogP contribution < -0.4 is 10.6 Å². The van der Waals surface area contributed by atoms with Crippen molar-refractivity contribution in [3.63, 3.8) is 0 Å². The number of nitrogens with zero attached hydrogens (tertiary/aromatic N) is 1. The highest BCUT2D eigenvalue weighted by Crippen LogP contribution is 2.27. The minimum absolute atomic E-state index is 0.207. The molecule has 1 saturated heterocycles.